The first-order chi connectivity index (χ1) is 16.2. The lowest BCUT2D eigenvalue weighted by Crippen LogP contribution is -2.39. The minimum Gasteiger partial charge on any atom is -0.379 e. The maximum absolute atomic E-state index is 13.7. The predicted octanol–water partition coefficient (Wildman–Crippen LogP) is 1.94. The number of fused-ring (bicyclic) bond motifs is 3. The highest BCUT2D eigenvalue weighted by Gasteiger charge is 2.22. The van der Waals surface area contributed by atoms with Crippen LogP contribution in [0.4, 0.5) is 0 Å². The number of nitrogens with zero attached hydrogens (tertiary/aromatic N) is 5. The van der Waals surface area contributed by atoms with Crippen LogP contribution in [0.25, 0.3) is 16.6 Å². The zero-order valence-electron chi connectivity index (χ0n) is 18.3. The molecule has 1 N–H and O–H groups in total. The largest absolute Gasteiger partial charge is 0.379 e. The summed E-state index contributed by atoms with van der Waals surface area (Å²) in [6.45, 7) is 5.29. The van der Waals surface area contributed by atoms with Gasteiger partial charge in [-0.3, -0.25) is 19.5 Å². The van der Waals surface area contributed by atoms with Crippen LogP contribution in [0.15, 0.2) is 59.8 Å². The molecule has 33 heavy (non-hydrogen) atoms. The third-order valence-electron chi connectivity index (χ3n) is 6.02. The molecule has 170 valence electrons. The molecular weight excluding hydrogens is 420 g/mol. The van der Waals surface area contributed by atoms with E-state index in [1.165, 1.54) is 0 Å². The maximum Gasteiger partial charge on any atom is 0.259 e. The van der Waals surface area contributed by atoms with Crippen molar-refractivity contribution in [3.05, 3.63) is 76.5 Å². The standard InChI is InChI=1S/C24H26N6O3/c31-23-19-4-1-2-5-21(19)30-22(27-23)20(16-26-30)24(32)29(17-18-6-8-25-9-7-18)11-3-10-28-12-14-33-15-13-28/h1-2,4-9,16H,3,10-15,17H2,(H,27,31). The van der Waals surface area contributed by atoms with Crippen molar-refractivity contribution in [3.8, 4) is 0 Å². The molecular formula is C24H26N6O3. The molecule has 1 aliphatic heterocycles. The van der Waals surface area contributed by atoms with E-state index in [9.17, 15) is 9.59 Å². The minimum absolute atomic E-state index is 0.158. The molecule has 1 saturated heterocycles. The summed E-state index contributed by atoms with van der Waals surface area (Å²) in [4.78, 5) is 37.4. The molecule has 9 heteroatoms. The summed E-state index contributed by atoms with van der Waals surface area (Å²) in [5.41, 5.74) is 2.24. The zero-order chi connectivity index (χ0) is 22.6. The summed E-state index contributed by atoms with van der Waals surface area (Å²) in [7, 11) is 0. The molecule has 0 unspecified atom stereocenters. The number of hydrogen-bond donors (Lipinski definition) is 1. The minimum atomic E-state index is -0.236. The van der Waals surface area contributed by atoms with E-state index >= 15 is 0 Å². The number of morpholine rings is 1. The van der Waals surface area contributed by atoms with Gasteiger partial charge in [0, 0.05) is 45.1 Å². The van der Waals surface area contributed by atoms with Crippen molar-refractivity contribution >= 4 is 22.5 Å². The number of ether oxygens (including phenoxy) is 1. The van der Waals surface area contributed by atoms with Gasteiger partial charge < -0.3 is 14.6 Å². The van der Waals surface area contributed by atoms with E-state index in [-0.39, 0.29) is 11.5 Å². The van der Waals surface area contributed by atoms with Gasteiger partial charge in [0.15, 0.2) is 0 Å². The quantitative estimate of drug-likeness (QED) is 0.466. The van der Waals surface area contributed by atoms with Gasteiger partial charge in [-0.05, 0) is 36.2 Å². The molecule has 4 heterocycles. The number of carbonyl (C=O) groups excluding carboxylic acids is 1. The van der Waals surface area contributed by atoms with Gasteiger partial charge in [0.1, 0.15) is 11.2 Å². The number of benzene rings is 1. The molecule has 9 nitrogen and oxygen atoms in total. The van der Waals surface area contributed by atoms with Crippen molar-refractivity contribution in [1.82, 2.24) is 29.4 Å². The maximum atomic E-state index is 13.7. The second-order valence-electron chi connectivity index (χ2n) is 8.18. The third-order valence-corrected chi connectivity index (χ3v) is 6.02. The topological polar surface area (TPSA) is 95.8 Å². The summed E-state index contributed by atoms with van der Waals surface area (Å²) in [5, 5.41) is 4.95. The van der Waals surface area contributed by atoms with E-state index in [0.717, 1.165) is 44.8 Å². The first kappa shape index (κ1) is 21.3. The van der Waals surface area contributed by atoms with Gasteiger partial charge >= 0.3 is 0 Å². The molecule has 0 spiro atoms. The van der Waals surface area contributed by atoms with Gasteiger partial charge in [-0.1, -0.05) is 12.1 Å². The summed E-state index contributed by atoms with van der Waals surface area (Å²) >= 11 is 0. The average Bonchev–Trinajstić information content (AvgIpc) is 3.28. The highest BCUT2D eigenvalue weighted by Crippen LogP contribution is 2.17. The molecule has 0 atom stereocenters. The van der Waals surface area contributed by atoms with Crippen molar-refractivity contribution < 1.29 is 9.53 Å². The van der Waals surface area contributed by atoms with Crippen LogP contribution in [0, 0.1) is 0 Å². The van der Waals surface area contributed by atoms with Gasteiger partial charge in [-0.25, -0.2) is 4.52 Å². The second kappa shape index (κ2) is 9.51. The number of nitrogens with one attached hydrogen (secondary N) is 1. The van der Waals surface area contributed by atoms with E-state index in [1.54, 1.807) is 29.2 Å². The van der Waals surface area contributed by atoms with Crippen LogP contribution in [0.1, 0.15) is 22.3 Å². The molecule has 4 aromatic rings. The molecule has 0 aliphatic carbocycles. The first-order valence-electron chi connectivity index (χ1n) is 11.2. The monoisotopic (exact) mass is 446 g/mol. The van der Waals surface area contributed by atoms with Crippen LogP contribution in [-0.2, 0) is 11.3 Å². The number of amides is 1. The number of rotatable bonds is 7. The Hall–Kier alpha value is -3.56. The van der Waals surface area contributed by atoms with Crippen molar-refractivity contribution in [2.24, 2.45) is 0 Å². The van der Waals surface area contributed by atoms with Crippen molar-refractivity contribution in [3.63, 3.8) is 0 Å². The number of pyridine rings is 1. The van der Waals surface area contributed by atoms with Crippen LogP contribution < -0.4 is 5.56 Å². The van der Waals surface area contributed by atoms with Gasteiger partial charge in [0.2, 0.25) is 0 Å². The number of para-hydroxylation sites is 1. The van der Waals surface area contributed by atoms with E-state index in [1.807, 2.05) is 35.2 Å². The predicted molar refractivity (Wildman–Crippen MR) is 124 cm³/mol. The first-order valence-corrected chi connectivity index (χ1v) is 11.2. The lowest BCUT2D eigenvalue weighted by atomic mass is 10.2. The molecule has 1 aliphatic rings. The van der Waals surface area contributed by atoms with Crippen LogP contribution in [0.3, 0.4) is 0 Å². The highest BCUT2D eigenvalue weighted by molar-refractivity contribution is 6.00. The van der Waals surface area contributed by atoms with Crippen LogP contribution in [0.5, 0.6) is 0 Å². The molecule has 5 rings (SSSR count). The second-order valence-corrected chi connectivity index (χ2v) is 8.18. The van der Waals surface area contributed by atoms with Crippen molar-refractivity contribution in [2.75, 3.05) is 39.4 Å². The Labute approximate surface area is 190 Å². The van der Waals surface area contributed by atoms with Crippen molar-refractivity contribution in [2.45, 2.75) is 13.0 Å². The Morgan fingerprint density at radius 2 is 1.91 bits per heavy atom. The SMILES string of the molecule is O=C(c1cnn2c1[nH]c(=O)c1ccccc12)N(CCCN1CCOCC1)Cc1ccncc1. The molecule has 3 aromatic heterocycles. The lowest BCUT2D eigenvalue weighted by Gasteiger charge is -2.28. The normalized spacial score (nSPS) is 14.7. The summed E-state index contributed by atoms with van der Waals surface area (Å²) < 4.78 is 7.05. The van der Waals surface area contributed by atoms with E-state index in [2.05, 4.69) is 20.0 Å². The summed E-state index contributed by atoms with van der Waals surface area (Å²) in [6, 6.07) is 11.1. The number of aromatic amines is 1. The average molecular weight is 447 g/mol. The fourth-order valence-corrected chi connectivity index (χ4v) is 4.27. The number of carbonyl (C=O) groups is 1. The highest BCUT2D eigenvalue weighted by atomic mass is 16.5. The number of hydrogen-bond acceptors (Lipinski definition) is 6. The molecule has 0 saturated carbocycles. The number of H-pyrrole nitrogens is 1. The Balaban J connectivity index is 1.43. The van der Waals surface area contributed by atoms with Gasteiger partial charge in [0.25, 0.3) is 11.5 Å². The molecule has 1 fully saturated rings. The van der Waals surface area contributed by atoms with E-state index < -0.39 is 0 Å². The smallest absolute Gasteiger partial charge is 0.259 e. The van der Waals surface area contributed by atoms with Gasteiger partial charge in [0.05, 0.1) is 30.3 Å². The van der Waals surface area contributed by atoms with Gasteiger partial charge in [-0.15, -0.1) is 0 Å². The third kappa shape index (κ3) is 4.50. The fourth-order valence-electron chi connectivity index (χ4n) is 4.27. The van der Waals surface area contributed by atoms with Crippen LogP contribution in [0.2, 0.25) is 0 Å². The van der Waals surface area contributed by atoms with Crippen molar-refractivity contribution in [1.29, 1.82) is 0 Å². The van der Waals surface area contributed by atoms with E-state index in [4.69, 9.17) is 4.74 Å². The lowest BCUT2D eigenvalue weighted by molar-refractivity contribution is 0.0355. The van der Waals surface area contributed by atoms with Crippen LogP contribution in [-0.4, -0.2) is 74.7 Å². The van der Waals surface area contributed by atoms with Crippen LogP contribution >= 0.6 is 0 Å². The Bertz CT molecular complexity index is 1310. The summed E-state index contributed by atoms with van der Waals surface area (Å²) in [5.74, 6) is -0.158. The molecule has 1 amide bonds. The van der Waals surface area contributed by atoms with E-state index in [0.29, 0.717) is 35.2 Å². The Morgan fingerprint density at radius 1 is 1.12 bits per heavy atom. The number of aromatic nitrogens is 4. The molecule has 0 bridgehead atoms. The molecule has 1 aromatic carbocycles. The fraction of sp³-hybridized carbons (Fsp3) is 0.333. The zero-order valence-corrected chi connectivity index (χ0v) is 18.3. The Kier molecular flexibility index (Phi) is 6.14. The van der Waals surface area contributed by atoms with Gasteiger partial charge in [-0.2, -0.15) is 5.10 Å². The summed E-state index contributed by atoms with van der Waals surface area (Å²) in [6.07, 6.45) is 5.84. The Morgan fingerprint density at radius 3 is 2.73 bits per heavy atom. The molecule has 0 radical (unpaired) electrons.